The molecule has 1 nitrogen and oxygen atoms in total. The van der Waals surface area contributed by atoms with Gasteiger partial charge in [-0.3, -0.25) is 0 Å². The van der Waals surface area contributed by atoms with Gasteiger partial charge in [0.05, 0.1) is 11.1 Å². The van der Waals surface area contributed by atoms with Crippen molar-refractivity contribution in [3.8, 4) is 5.75 Å². The summed E-state index contributed by atoms with van der Waals surface area (Å²) >= 11 is 5.97. The quantitative estimate of drug-likeness (QED) is 0.720. The van der Waals surface area contributed by atoms with Gasteiger partial charge in [0.1, 0.15) is 5.75 Å². The monoisotopic (exact) mass is 198 g/mol. The largest absolute Gasteiger partial charge is 0.489 e. The third-order valence-corrected chi connectivity index (χ3v) is 2.08. The van der Waals surface area contributed by atoms with E-state index in [1.54, 1.807) is 0 Å². The minimum atomic E-state index is 0.171. The minimum Gasteiger partial charge on any atom is -0.489 e. The molecule has 13 heavy (non-hydrogen) atoms. The molecule has 0 aliphatic carbocycles. The molecule has 0 unspecified atom stereocenters. The smallest absolute Gasteiger partial charge is 0.138 e. The molecule has 1 aromatic carbocycles. The van der Waals surface area contributed by atoms with Crippen LogP contribution in [0.5, 0.6) is 5.75 Å². The van der Waals surface area contributed by atoms with Gasteiger partial charge in [0.2, 0.25) is 0 Å². The molecule has 0 atom stereocenters. The first-order chi connectivity index (χ1) is 6.13. The Labute approximate surface area is 84.7 Å². The van der Waals surface area contributed by atoms with Crippen molar-refractivity contribution in [3.05, 3.63) is 28.8 Å². The number of hydrogen-bond acceptors (Lipinski definition) is 1. The van der Waals surface area contributed by atoms with Crippen LogP contribution in [0.15, 0.2) is 18.2 Å². The van der Waals surface area contributed by atoms with Crippen molar-refractivity contribution in [1.29, 1.82) is 0 Å². The Kier molecular flexibility index (Phi) is 3.61. The minimum absolute atomic E-state index is 0.171. The highest BCUT2D eigenvalue weighted by molar-refractivity contribution is 6.32. The van der Waals surface area contributed by atoms with E-state index in [1.165, 1.54) is 5.56 Å². The van der Waals surface area contributed by atoms with E-state index in [1.807, 2.05) is 32.0 Å². The van der Waals surface area contributed by atoms with Gasteiger partial charge in [-0.1, -0.05) is 24.6 Å². The average molecular weight is 199 g/mol. The Hall–Kier alpha value is -0.690. The molecule has 0 fully saturated rings. The predicted molar refractivity (Wildman–Crippen MR) is 56.6 cm³/mol. The van der Waals surface area contributed by atoms with Gasteiger partial charge in [-0.25, -0.2) is 0 Å². The first-order valence-electron chi connectivity index (χ1n) is 4.58. The van der Waals surface area contributed by atoms with Crippen LogP contribution in [-0.4, -0.2) is 6.10 Å². The molecular formula is C11H15ClO. The lowest BCUT2D eigenvalue weighted by molar-refractivity contribution is 0.242. The molecule has 0 aromatic heterocycles. The van der Waals surface area contributed by atoms with Crippen LogP contribution in [0.4, 0.5) is 0 Å². The number of benzene rings is 1. The molecule has 0 saturated heterocycles. The highest BCUT2D eigenvalue weighted by Crippen LogP contribution is 2.26. The van der Waals surface area contributed by atoms with E-state index in [0.29, 0.717) is 5.02 Å². The molecule has 72 valence electrons. The second-order valence-corrected chi connectivity index (χ2v) is 3.69. The molecule has 0 amide bonds. The summed E-state index contributed by atoms with van der Waals surface area (Å²) in [6, 6.07) is 5.91. The van der Waals surface area contributed by atoms with E-state index in [0.717, 1.165) is 12.2 Å². The van der Waals surface area contributed by atoms with E-state index < -0.39 is 0 Å². The number of hydrogen-bond donors (Lipinski definition) is 0. The maximum atomic E-state index is 5.97. The summed E-state index contributed by atoms with van der Waals surface area (Å²) in [5, 5.41) is 0.686. The number of rotatable bonds is 3. The zero-order chi connectivity index (χ0) is 9.84. The molecule has 0 N–H and O–H groups in total. The maximum absolute atomic E-state index is 5.97. The van der Waals surface area contributed by atoms with Crippen molar-refractivity contribution in [3.63, 3.8) is 0 Å². The van der Waals surface area contributed by atoms with E-state index in [-0.39, 0.29) is 6.10 Å². The van der Waals surface area contributed by atoms with Gasteiger partial charge in [-0.05, 0) is 38.0 Å². The molecule has 0 bridgehead atoms. The van der Waals surface area contributed by atoms with Crippen LogP contribution in [0.1, 0.15) is 26.3 Å². The maximum Gasteiger partial charge on any atom is 0.138 e. The molecule has 0 aliphatic rings. The fourth-order valence-electron chi connectivity index (χ4n) is 1.11. The van der Waals surface area contributed by atoms with Crippen LogP contribution >= 0.6 is 11.6 Å². The van der Waals surface area contributed by atoms with Crippen molar-refractivity contribution in [2.45, 2.75) is 33.3 Å². The predicted octanol–water partition coefficient (Wildman–Crippen LogP) is 3.69. The summed E-state index contributed by atoms with van der Waals surface area (Å²) < 4.78 is 5.56. The molecule has 0 saturated carbocycles. The summed E-state index contributed by atoms with van der Waals surface area (Å²) in [6.45, 7) is 6.10. The number of ether oxygens (including phenoxy) is 1. The van der Waals surface area contributed by atoms with Crippen molar-refractivity contribution < 1.29 is 4.74 Å². The van der Waals surface area contributed by atoms with Gasteiger partial charge in [0.15, 0.2) is 0 Å². The van der Waals surface area contributed by atoms with Crippen LogP contribution in [-0.2, 0) is 6.42 Å². The lowest BCUT2D eigenvalue weighted by atomic mass is 10.2. The SMILES string of the molecule is CCc1ccc(Cl)c(OC(C)C)c1. The highest BCUT2D eigenvalue weighted by Gasteiger charge is 2.03. The fraction of sp³-hybridized carbons (Fsp3) is 0.455. The van der Waals surface area contributed by atoms with Crippen molar-refractivity contribution in [2.75, 3.05) is 0 Å². The van der Waals surface area contributed by atoms with Crippen LogP contribution in [0.3, 0.4) is 0 Å². The first kappa shape index (κ1) is 10.4. The number of aryl methyl sites for hydroxylation is 1. The highest BCUT2D eigenvalue weighted by atomic mass is 35.5. The molecule has 0 aliphatic heterocycles. The summed E-state index contributed by atoms with van der Waals surface area (Å²) in [5.74, 6) is 0.788. The van der Waals surface area contributed by atoms with Gasteiger partial charge >= 0.3 is 0 Å². The van der Waals surface area contributed by atoms with E-state index in [4.69, 9.17) is 16.3 Å². The first-order valence-corrected chi connectivity index (χ1v) is 4.96. The summed E-state index contributed by atoms with van der Waals surface area (Å²) in [7, 11) is 0. The van der Waals surface area contributed by atoms with Gasteiger partial charge < -0.3 is 4.74 Å². The average Bonchev–Trinajstić information content (AvgIpc) is 2.08. The van der Waals surface area contributed by atoms with Gasteiger partial charge in [-0.15, -0.1) is 0 Å². The zero-order valence-corrected chi connectivity index (χ0v) is 9.06. The van der Waals surface area contributed by atoms with Crippen LogP contribution in [0, 0.1) is 0 Å². The Morgan fingerprint density at radius 3 is 2.62 bits per heavy atom. The van der Waals surface area contributed by atoms with Crippen LogP contribution in [0.25, 0.3) is 0 Å². The van der Waals surface area contributed by atoms with Gasteiger partial charge in [0.25, 0.3) is 0 Å². The molecule has 1 aromatic rings. The summed E-state index contributed by atoms with van der Waals surface area (Å²) in [5.41, 5.74) is 1.25. The van der Waals surface area contributed by atoms with Gasteiger partial charge in [-0.2, -0.15) is 0 Å². The van der Waals surface area contributed by atoms with Crippen molar-refractivity contribution in [2.24, 2.45) is 0 Å². The molecule has 0 heterocycles. The summed E-state index contributed by atoms with van der Waals surface area (Å²) in [6.07, 6.45) is 1.18. The zero-order valence-electron chi connectivity index (χ0n) is 8.30. The second kappa shape index (κ2) is 4.52. The third kappa shape index (κ3) is 2.92. The standard InChI is InChI=1S/C11H15ClO/c1-4-9-5-6-10(12)11(7-9)13-8(2)3/h5-8H,4H2,1-3H3. The Balaban J connectivity index is 2.90. The van der Waals surface area contributed by atoms with Crippen molar-refractivity contribution >= 4 is 11.6 Å². The normalized spacial score (nSPS) is 10.5. The Bertz CT molecular complexity index is 281. The molecule has 2 heteroatoms. The topological polar surface area (TPSA) is 9.23 Å². The van der Waals surface area contributed by atoms with Crippen molar-refractivity contribution in [1.82, 2.24) is 0 Å². The van der Waals surface area contributed by atoms with Crippen LogP contribution in [0.2, 0.25) is 5.02 Å². The number of halogens is 1. The third-order valence-electron chi connectivity index (χ3n) is 1.77. The summed E-state index contributed by atoms with van der Waals surface area (Å²) in [4.78, 5) is 0. The fourth-order valence-corrected chi connectivity index (χ4v) is 1.27. The molecular weight excluding hydrogens is 184 g/mol. The molecule has 0 spiro atoms. The lowest BCUT2D eigenvalue weighted by Crippen LogP contribution is -2.06. The van der Waals surface area contributed by atoms with Crippen LogP contribution < -0.4 is 4.74 Å². The van der Waals surface area contributed by atoms with Gasteiger partial charge in [0, 0.05) is 0 Å². The molecule has 0 radical (unpaired) electrons. The van der Waals surface area contributed by atoms with E-state index >= 15 is 0 Å². The van der Waals surface area contributed by atoms with E-state index in [2.05, 4.69) is 6.92 Å². The Morgan fingerprint density at radius 1 is 1.38 bits per heavy atom. The molecule has 1 rings (SSSR count). The Morgan fingerprint density at radius 2 is 2.08 bits per heavy atom. The van der Waals surface area contributed by atoms with E-state index in [9.17, 15) is 0 Å². The lowest BCUT2D eigenvalue weighted by Gasteiger charge is -2.12. The second-order valence-electron chi connectivity index (χ2n) is 3.28.